The third kappa shape index (κ3) is 4.70. The predicted molar refractivity (Wildman–Crippen MR) is 103 cm³/mol. The van der Waals surface area contributed by atoms with E-state index in [-0.39, 0.29) is 17.3 Å². The number of aryl methyl sites for hydroxylation is 2. The zero-order chi connectivity index (χ0) is 19.6. The van der Waals surface area contributed by atoms with Gasteiger partial charge in [-0.25, -0.2) is 8.42 Å². The molecule has 8 nitrogen and oxygen atoms in total. The normalized spacial score (nSPS) is 11.3. The van der Waals surface area contributed by atoms with Gasteiger partial charge in [0.25, 0.3) is 5.69 Å². The third-order valence-electron chi connectivity index (χ3n) is 3.84. The molecule has 0 aliphatic carbocycles. The second-order valence-corrected chi connectivity index (χ2v) is 8.05. The van der Waals surface area contributed by atoms with Gasteiger partial charge in [0.1, 0.15) is 0 Å². The Bertz CT molecular complexity index is 1090. The van der Waals surface area contributed by atoms with E-state index in [0.29, 0.717) is 16.8 Å². The number of sulfonamides is 1. The van der Waals surface area contributed by atoms with Gasteiger partial charge < -0.3 is 0 Å². The number of hydrogen-bond donors (Lipinski definition) is 2. The van der Waals surface area contributed by atoms with E-state index in [1.54, 1.807) is 12.1 Å². The van der Waals surface area contributed by atoms with Gasteiger partial charge in [-0.2, -0.15) is 5.10 Å². The van der Waals surface area contributed by atoms with E-state index in [4.69, 9.17) is 0 Å². The third-order valence-corrected chi connectivity index (χ3v) is 5.08. The molecule has 1 heterocycles. The van der Waals surface area contributed by atoms with Crippen LogP contribution in [0.1, 0.15) is 16.7 Å². The van der Waals surface area contributed by atoms with Crippen molar-refractivity contribution in [3.63, 3.8) is 0 Å². The molecule has 0 amide bonds. The number of nitrogens with one attached hydrogen (secondary N) is 2. The lowest BCUT2D eigenvalue weighted by atomic mass is 10.1. The maximum atomic E-state index is 12.4. The minimum absolute atomic E-state index is 0.0564. The molecular weight excluding hydrogens is 368 g/mol. The lowest BCUT2D eigenvalue weighted by Gasteiger charge is -2.07. The number of nitro groups is 1. The van der Waals surface area contributed by atoms with Gasteiger partial charge in [-0.05, 0) is 19.4 Å². The van der Waals surface area contributed by atoms with Crippen LogP contribution in [-0.2, 0) is 15.8 Å². The van der Waals surface area contributed by atoms with Crippen LogP contribution in [0, 0.1) is 24.0 Å². The summed E-state index contributed by atoms with van der Waals surface area (Å²) < 4.78 is 27.3. The first-order chi connectivity index (χ1) is 12.7. The highest BCUT2D eigenvalue weighted by molar-refractivity contribution is 7.91. The van der Waals surface area contributed by atoms with Crippen molar-refractivity contribution in [1.29, 1.82) is 0 Å². The molecule has 2 aromatic carbocycles. The van der Waals surface area contributed by atoms with Crippen molar-refractivity contribution in [1.82, 2.24) is 10.2 Å². The molecule has 0 atom stereocenters. The van der Waals surface area contributed by atoms with Crippen molar-refractivity contribution < 1.29 is 13.3 Å². The number of anilines is 1. The summed E-state index contributed by atoms with van der Waals surface area (Å²) in [6.07, 6.45) is 0. The van der Waals surface area contributed by atoms with Gasteiger partial charge in [0.15, 0.2) is 5.82 Å². The first-order valence-corrected chi connectivity index (χ1v) is 9.75. The Hall–Kier alpha value is -3.20. The van der Waals surface area contributed by atoms with Crippen LogP contribution in [-0.4, -0.2) is 23.5 Å². The summed E-state index contributed by atoms with van der Waals surface area (Å²) >= 11 is 0. The molecule has 0 fully saturated rings. The molecule has 0 radical (unpaired) electrons. The molecule has 0 saturated heterocycles. The first-order valence-electron chi connectivity index (χ1n) is 8.10. The summed E-state index contributed by atoms with van der Waals surface area (Å²) in [6, 6.07) is 13.1. The zero-order valence-electron chi connectivity index (χ0n) is 14.8. The highest BCUT2D eigenvalue weighted by atomic mass is 32.2. The molecule has 0 unspecified atom stereocenters. The number of aromatic amines is 1. The van der Waals surface area contributed by atoms with Crippen molar-refractivity contribution in [3.8, 4) is 11.3 Å². The van der Waals surface area contributed by atoms with Gasteiger partial charge in [-0.15, -0.1) is 0 Å². The molecule has 9 heteroatoms. The molecule has 0 spiro atoms. The van der Waals surface area contributed by atoms with Crippen LogP contribution in [0.25, 0.3) is 11.3 Å². The van der Waals surface area contributed by atoms with Crippen molar-refractivity contribution in [2.45, 2.75) is 19.6 Å². The lowest BCUT2D eigenvalue weighted by molar-refractivity contribution is -0.384. The average molecular weight is 386 g/mol. The molecule has 27 heavy (non-hydrogen) atoms. The molecule has 3 rings (SSSR count). The van der Waals surface area contributed by atoms with Crippen LogP contribution in [0.5, 0.6) is 0 Å². The van der Waals surface area contributed by atoms with E-state index in [1.165, 1.54) is 18.2 Å². The second-order valence-electron chi connectivity index (χ2n) is 6.33. The standard InChI is InChI=1S/C18H18N4O4S/c1-12-6-13(2)8-14(7-12)11-27(25,26)21-18-10-17(19-20-18)15-4-3-5-16(9-15)22(23)24/h3-10H,11H2,1-2H3,(H2,19,20,21). The zero-order valence-corrected chi connectivity index (χ0v) is 15.6. The number of rotatable bonds is 6. The van der Waals surface area contributed by atoms with Crippen LogP contribution in [0.2, 0.25) is 0 Å². The maximum Gasteiger partial charge on any atom is 0.270 e. The predicted octanol–water partition coefficient (Wildman–Crippen LogP) is 3.54. The Balaban J connectivity index is 1.78. The van der Waals surface area contributed by atoms with E-state index in [9.17, 15) is 18.5 Å². The molecule has 0 bridgehead atoms. The van der Waals surface area contributed by atoms with E-state index < -0.39 is 14.9 Å². The minimum atomic E-state index is -3.65. The molecular formula is C18H18N4O4S. The Morgan fingerprint density at radius 1 is 1.11 bits per heavy atom. The number of nitrogens with zero attached hydrogens (tertiary/aromatic N) is 2. The van der Waals surface area contributed by atoms with Gasteiger partial charge in [0.05, 0.1) is 16.4 Å². The Morgan fingerprint density at radius 3 is 2.48 bits per heavy atom. The highest BCUT2D eigenvalue weighted by Gasteiger charge is 2.15. The molecule has 1 aromatic heterocycles. The number of H-pyrrole nitrogens is 1. The summed E-state index contributed by atoms with van der Waals surface area (Å²) in [5, 5.41) is 17.5. The molecule has 0 saturated carbocycles. The first kappa shape index (κ1) is 18.6. The van der Waals surface area contributed by atoms with Crippen molar-refractivity contribution in [3.05, 3.63) is 75.3 Å². The smallest absolute Gasteiger partial charge is 0.270 e. The van der Waals surface area contributed by atoms with Crippen molar-refractivity contribution >= 4 is 21.5 Å². The van der Waals surface area contributed by atoms with Gasteiger partial charge >= 0.3 is 0 Å². The highest BCUT2D eigenvalue weighted by Crippen LogP contribution is 2.24. The Labute approximate surface area is 156 Å². The van der Waals surface area contributed by atoms with E-state index >= 15 is 0 Å². The summed E-state index contributed by atoms with van der Waals surface area (Å²) in [5.41, 5.74) is 3.63. The van der Waals surface area contributed by atoms with Gasteiger partial charge in [0, 0.05) is 23.8 Å². The number of hydrogen-bond acceptors (Lipinski definition) is 5. The SMILES string of the molecule is Cc1cc(C)cc(CS(=O)(=O)Nc2cc(-c3cccc([N+](=O)[O-])c3)[nH]n2)c1. The van der Waals surface area contributed by atoms with Gasteiger partial charge in [0.2, 0.25) is 10.0 Å². The largest absolute Gasteiger partial charge is 0.276 e. The maximum absolute atomic E-state index is 12.4. The van der Waals surface area contributed by atoms with Crippen molar-refractivity contribution in [2.24, 2.45) is 0 Å². The lowest BCUT2D eigenvalue weighted by Crippen LogP contribution is -2.15. The van der Waals surface area contributed by atoms with Crippen LogP contribution < -0.4 is 4.72 Å². The monoisotopic (exact) mass is 386 g/mol. The number of benzene rings is 2. The van der Waals surface area contributed by atoms with Gasteiger partial charge in [-0.1, -0.05) is 41.5 Å². The van der Waals surface area contributed by atoms with Crippen LogP contribution >= 0.6 is 0 Å². The molecule has 0 aliphatic rings. The van der Waals surface area contributed by atoms with Crippen LogP contribution in [0.15, 0.2) is 48.5 Å². The quantitative estimate of drug-likeness (QED) is 0.496. The fourth-order valence-electron chi connectivity index (χ4n) is 2.88. The second kappa shape index (κ2) is 7.20. The van der Waals surface area contributed by atoms with Crippen LogP contribution in [0.3, 0.4) is 0 Å². The Morgan fingerprint density at radius 2 is 1.81 bits per heavy atom. The molecule has 0 aliphatic heterocycles. The fraction of sp³-hybridized carbons (Fsp3) is 0.167. The van der Waals surface area contributed by atoms with E-state index in [0.717, 1.165) is 11.1 Å². The van der Waals surface area contributed by atoms with Gasteiger partial charge in [-0.3, -0.25) is 19.9 Å². The summed E-state index contributed by atoms with van der Waals surface area (Å²) in [6.45, 7) is 3.82. The fourth-order valence-corrected chi connectivity index (χ4v) is 3.98. The topological polar surface area (TPSA) is 118 Å². The number of aromatic nitrogens is 2. The number of non-ortho nitro benzene ring substituents is 1. The van der Waals surface area contributed by atoms with E-state index in [1.807, 2.05) is 32.0 Å². The summed E-state index contributed by atoms with van der Waals surface area (Å²) in [4.78, 5) is 10.4. The summed E-state index contributed by atoms with van der Waals surface area (Å²) in [7, 11) is -3.65. The average Bonchev–Trinajstić information content (AvgIpc) is 3.01. The Kier molecular flexibility index (Phi) is 4.95. The van der Waals surface area contributed by atoms with Crippen LogP contribution in [0.4, 0.5) is 11.5 Å². The molecule has 140 valence electrons. The molecule has 2 N–H and O–H groups in total. The molecule has 3 aromatic rings. The van der Waals surface area contributed by atoms with E-state index in [2.05, 4.69) is 14.9 Å². The number of nitro benzene ring substituents is 1. The minimum Gasteiger partial charge on any atom is -0.276 e. The summed E-state index contributed by atoms with van der Waals surface area (Å²) in [5.74, 6) is -0.0463. The van der Waals surface area contributed by atoms with Crippen molar-refractivity contribution in [2.75, 3.05) is 4.72 Å².